The van der Waals surface area contributed by atoms with Crippen LogP contribution in [0.1, 0.15) is 24.2 Å². The first-order chi connectivity index (χ1) is 12.2. The van der Waals surface area contributed by atoms with Crippen molar-refractivity contribution in [1.29, 1.82) is 0 Å². The molecule has 1 amide bonds. The Labute approximate surface area is 165 Å². The number of nitrogens with one attached hydrogen (secondary N) is 1. The summed E-state index contributed by atoms with van der Waals surface area (Å²) in [7, 11) is -3.72. The van der Waals surface area contributed by atoms with Crippen molar-refractivity contribution in [3.05, 3.63) is 57.3 Å². The van der Waals surface area contributed by atoms with Gasteiger partial charge in [-0.1, -0.05) is 31.5 Å². The third-order valence-corrected chi connectivity index (χ3v) is 6.75. The summed E-state index contributed by atoms with van der Waals surface area (Å²) in [6.45, 7) is 4.08. The lowest BCUT2D eigenvalue weighted by Gasteiger charge is -2.19. The summed E-state index contributed by atoms with van der Waals surface area (Å²) >= 11 is 8.93. The Balaban J connectivity index is 2.41. The fraction of sp³-hybridized carbons (Fsp3) is 0.235. The van der Waals surface area contributed by atoms with Crippen LogP contribution in [0.2, 0.25) is 5.02 Å². The van der Waals surface area contributed by atoms with Crippen LogP contribution in [0, 0.1) is 5.82 Å². The van der Waals surface area contributed by atoms with E-state index in [1.54, 1.807) is 13.8 Å². The maximum Gasteiger partial charge on any atom is 0.256 e. The summed E-state index contributed by atoms with van der Waals surface area (Å²) in [6, 6.07) is 8.37. The van der Waals surface area contributed by atoms with Crippen molar-refractivity contribution in [3.8, 4) is 0 Å². The van der Waals surface area contributed by atoms with E-state index in [9.17, 15) is 17.6 Å². The zero-order valence-corrected chi connectivity index (χ0v) is 17.3. The van der Waals surface area contributed by atoms with Crippen LogP contribution in [0.5, 0.6) is 0 Å². The molecule has 0 aliphatic rings. The summed E-state index contributed by atoms with van der Waals surface area (Å²) in [6.07, 6.45) is 0. The van der Waals surface area contributed by atoms with Crippen LogP contribution in [-0.4, -0.2) is 31.7 Å². The van der Waals surface area contributed by atoms with Crippen LogP contribution >= 0.6 is 27.5 Å². The molecule has 0 aromatic heterocycles. The molecule has 0 spiro atoms. The lowest BCUT2D eigenvalue weighted by atomic mass is 10.2. The molecule has 0 saturated carbocycles. The number of rotatable bonds is 6. The monoisotopic (exact) mass is 462 g/mol. The van der Waals surface area contributed by atoms with E-state index < -0.39 is 21.7 Å². The highest BCUT2D eigenvalue weighted by molar-refractivity contribution is 9.10. The van der Waals surface area contributed by atoms with E-state index in [0.717, 1.165) is 0 Å². The van der Waals surface area contributed by atoms with Crippen LogP contribution < -0.4 is 5.32 Å². The number of amides is 1. The molecule has 5 nitrogen and oxygen atoms in total. The number of hydrogen-bond acceptors (Lipinski definition) is 3. The maximum absolute atomic E-state index is 14.0. The maximum atomic E-state index is 14.0. The van der Waals surface area contributed by atoms with Crippen molar-refractivity contribution < 1.29 is 17.6 Å². The van der Waals surface area contributed by atoms with Crippen molar-refractivity contribution in [2.45, 2.75) is 18.7 Å². The molecule has 0 saturated heterocycles. The lowest BCUT2D eigenvalue weighted by molar-refractivity contribution is 0.102. The van der Waals surface area contributed by atoms with Gasteiger partial charge in [0, 0.05) is 17.6 Å². The number of benzene rings is 2. The van der Waals surface area contributed by atoms with Crippen molar-refractivity contribution >= 4 is 49.1 Å². The number of halogens is 3. The standard InChI is InChI=1S/C17H17BrClFN2O3S/c1-3-22(4-2)26(24,25)11-8-9-13(18)12(10-11)17(23)21-15-7-5-6-14(19)16(15)20/h5-10H,3-4H2,1-2H3,(H,21,23). The van der Waals surface area contributed by atoms with Gasteiger partial charge in [-0.15, -0.1) is 0 Å². The Morgan fingerprint density at radius 1 is 1.23 bits per heavy atom. The average Bonchev–Trinajstić information content (AvgIpc) is 2.60. The molecule has 2 rings (SSSR count). The summed E-state index contributed by atoms with van der Waals surface area (Å²) < 4.78 is 40.9. The van der Waals surface area contributed by atoms with Gasteiger partial charge in [-0.25, -0.2) is 12.8 Å². The molecule has 140 valence electrons. The van der Waals surface area contributed by atoms with Gasteiger partial charge in [0.1, 0.15) is 0 Å². The quantitative estimate of drug-likeness (QED) is 0.685. The smallest absolute Gasteiger partial charge is 0.256 e. The van der Waals surface area contributed by atoms with E-state index in [4.69, 9.17) is 11.6 Å². The SMILES string of the molecule is CCN(CC)S(=O)(=O)c1ccc(Br)c(C(=O)Nc2cccc(Cl)c2F)c1. The Hall–Kier alpha value is -1.48. The molecule has 0 aliphatic heterocycles. The highest BCUT2D eigenvalue weighted by atomic mass is 79.9. The molecule has 0 atom stereocenters. The summed E-state index contributed by atoms with van der Waals surface area (Å²) in [4.78, 5) is 12.5. The van der Waals surface area contributed by atoms with Crippen LogP contribution in [-0.2, 0) is 10.0 Å². The van der Waals surface area contributed by atoms with Gasteiger partial charge in [-0.05, 0) is 46.3 Å². The van der Waals surface area contributed by atoms with Gasteiger partial charge in [0.25, 0.3) is 5.91 Å². The predicted octanol–water partition coefficient (Wildman–Crippen LogP) is 4.52. The first-order valence-electron chi connectivity index (χ1n) is 7.77. The number of anilines is 1. The van der Waals surface area contributed by atoms with Crippen LogP contribution in [0.25, 0.3) is 0 Å². The van der Waals surface area contributed by atoms with Crippen molar-refractivity contribution in [1.82, 2.24) is 4.31 Å². The number of sulfonamides is 1. The molecule has 0 aliphatic carbocycles. The third kappa shape index (κ3) is 4.25. The molecule has 1 N–H and O–H groups in total. The van der Waals surface area contributed by atoms with E-state index in [-0.39, 0.29) is 21.2 Å². The van der Waals surface area contributed by atoms with Gasteiger partial charge < -0.3 is 5.32 Å². The second-order valence-electron chi connectivity index (χ2n) is 5.29. The van der Waals surface area contributed by atoms with Crippen molar-refractivity contribution in [2.24, 2.45) is 0 Å². The molecule has 0 heterocycles. The zero-order chi connectivity index (χ0) is 19.5. The number of carbonyl (C=O) groups excluding carboxylic acids is 1. The van der Waals surface area contributed by atoms with E-state index >= 15 is 0 Å². The Morgan fingerprint density at radius 3 is 2.50 bits per heavy atom. The summed E-state index contributed by atoms with van der Waals surface area (Å²) in [5.74, 6) is -1.42. The second kappa shape index (κ2) is 8.47. The highest BCUT2D eigenvalue weighted by Crippen LogP contribution is 2.26. The Bertz CT molecular complexity index is 934. The van der Waals surface area contributed by atoms with Crippen molar-refractivity contribution in [3.63, 3.8) is 0 Å². The molecule has 0 radical (unpaired) electrons. The topological polar surface area (TPSA) is 66.5 Å². The van der Waals surface area contributed by atoms with Gasteiger partial charge in [0.15, 0.2) is 5.82 Å². The largest absolute Gasteiger partial charge is 0.319 e. The van der Waals surface area contributed by atoms with Gasteiger partial charge in [0.05, 0.1) is 21.2 Å². The highest BCUT2D eigenvalue weighted by Gasteiger charge is 2.24. The molecular weight excluding hydrogens is 447 g/mol. The number of carbonyl (C=O) groups is 1. The lowest BCUT2D eigenvalue weighted by Crippen LogP contribution is -2.30. The first-order valence-corrected chi connectivity index (χ1v) is 10.4. The summed E-state index contributed by atoms with van der Waals surface area (Å²) in [5.41, 5.74) is -0.0241. The molecular formula is C17H17BrClFN2O3S. The minimum Gasteiger partial charge on any atom is -0.319 e. The van der Waals surface area contributed by atoms with Gasteiger partial charge in [-0.2, -0.15) is 4.31 Å². The number of nitrogens with zero attached hydrogens (tertiary/aromatic N) is 1. The molecule has 0 fully saturated rings. The number of hydrogen-bond donors (Lipinski definition) is 1. The fourth-order valence-corrected chi connectivity index (χ4v) is 4.43. The van der Waals surface area contributed by atoms with Gasteiger partial charge >= 0.3 is 0 Å². The van der Waals surface area contributed by atoms with Gasteiger partial charge in [0.2, 0.25) is 10.0 Å². The Kier molecular flexibility index (Phi) is 6.79. The van der Waals surface area contributed by atoms with E-state index in [0.29, 0.717) is 17.6 Å². The summed E-state index contributed by atoms with van der Waals surface area (Å²) in [5, 5.41) is 2.28. The fourth-order valence-electron chi connectivity index (χ4n) is 2.34. The van der Waals surface area contributed by atoms with E-state index in [1.165, 1.54) is 40.7 Å². The zero-order valence-electron chi connectivity index (χ0n) is 14.1. The Morgan fingerprint density at radius 2 is 1.88 bits per heavy atom. The van der Waals surface area contributed by atoms with E-state index in [2.05, 4.69) is 21.2 Å². The van der Waals surface area contributed by atoms with Gasteiger partial charge in [-0.3, -0.25) is 4.79 Å². The van der Waals surface area contributed by atoms with Crippen LogP contribution in [0.4, 0.5) is 10.1 Å². The molecule has 26 heavy (non-hydrogen) atoms. The third-order valence-electron chi connectivity index (χ3n) is 3.73. The predicted molar refractivity (Wildman–Crippen MR) is 104 cm³/mol. The average molecular weight is 464 g/mol. The minimum atomic E-state index is -3.72. The molecule has 9 heteroatoms. The normalized spacial score (nSPS) is 11.6. The molecule has 0 bridgehead atoms. The van der Waals surface area contributed by atoms with Crippen molar-refractivity contribution in [2.75, 3.05) is 18.4 Å². The molecule has 2 aromatic rings. The van der Waals surface area contributed by atoms with Crippen LogP contribution in [0.3, 0.4) is 0 Å². The minimum absolute atomic E-state index is 0.0129. The molecule has 0 unspecified atom stereocenters. The second-order valence-corrected chi connectivity index (χ2v) is 8.49. The first kappa shape index (κ1) is 20.8. The molecule has 2 aromatic carbocycles. The van der Waals surface area contributed by atoms with Crippen LogP contribution in [0.15, 0.2) is 45.8 Å². The van der Waals surface area contributed by atoms with E-state index in [1.807, 2.05) is 0 Å².